The van der Waals surface area contributed by atoms with Gasteiger partial charge < -0.3 is 4.85 Å². The molecule has 0 saturated carbocycles. The summed E-state index contributed by atoms with van der Waals surface area (Å²) in [6, 6.07) is 2.12. The molecule has 0 N–H and O–H groups in total. The lowest BCUT2D eigenvalue weighted by Gasteiger charge is -1.88. The Morgan fingerprint density at radius 2 is 2.50 bits per heavy atom. The van der Waals surface area contributed by atoms with Gasteiger partial charge in [0.2, 0.25) is 6.54 Å². The highest BCUT2D eigenvalue weighted by Crippen LogP contribution is 2.07. The van der Waals surface area contributed by atoms with E-state index in [-0.39, 0.29) is 0 Å². The molecule has 1 nitrogen and oxygen atoms in total. The Labute approximate surface area is 65.1 Å². The van der Waals surface area contributed by atoms with Crippen molar-refractivity contribution in [3.63, 3.8) is 0 Å². The first-order valence-corrected chi connectivity index (χ1v) is 4.22. The molecule has 10 heavy (non-hydrogen) atoms. The van der Waals surface area contributed by atoms with Gasteiger partial charge in [-0.15, -0.1) is 0 Å². The van der Waals surface area contributed by atoms with Crippen LogP contribution in [-0.4, -0.2) is 6.54 Å². The molecule has 1 aromatic rings. The minimum absolute atomic E-state index is 0.663. The molecule has 0 spiro atoms. The van der Waals surface area contributed by atoms with E-state index in [0.29, 0.717) is 6.54 Å². The van der Waals surface area contributed by atoms with Crippen molar-refractivity contribution in [3.05, 3.63) is 33.8 Å². The second-order valence-corrected chi connectivity index (χ2v) is 2.90. The van der Waals surface area contributed by atoms with Crippen LogP contribution >= 0.6 is 11.3 Å². The summed E-state index contributed by atoms with van der Waals surface area (Å²) in [7, 11) is 0. The van der Waals surface area contributed by atoms with Gasteiger partial charge in [0.15, 0.2) is 0 Å². The first kappa shape index (κ1) is 7.30. The van der Waals surface area contributed by atoms with E-state index < -0.39 is 0 Å². The number of aryl methyl sites for hydroxylation is 1. The average molecular weight is 151 g/mol. The van der Waals surface area contributed by atoms with Gasteiger partial charge in [0, 0.05) is 6.42 Å². The normalized spacial score (nSPS) is 9.10. The molecule has 0 aliphatic heterocycles. The van der Waals surface area contributed by atoms with Crippen molar-refractivity contribution in [2.24, 2.45) is 0 Å². The third-order valence-electron chi connectivity index (χ3n) is 1.32. The monoisotopic (exact) mass is 151 g/mol. The van der Waals surface area contributed by atoms with Crippen molar-refractivity contribution < 1.29 is 0 Å². The van der Waals surface area contributed by atoms with Crippen molar-refractivity contribution in [1.82, 2.24) is 0 Å². The van der Waals surface area contributed by atoms with Crippen LogP contribution in [0.5, 0.6) is 0 Å². The summed E-state index contributed by atoms with van der Waals surface area (Å²) in [6.45, 7) is 7.22. The maximum absolute atomic E-state index is 6.56. The van der Waals surface area contributed by atoms with Gasteiger partial charge in [-0.2, -0.15) is 11.3 Å². The number of thiophene rings is 1. The third-order valence-corrected chi connectivity index (χ3v) is 2.05. The molecular formula is C8H9NS. The summed E-state index contributed by atoms with van der Waals surface area (Å²) in [6.07, 6.45) is 2.06. The number of hydrogen-bond acceptors (Lipinski definition) is 1. The fraction of sp³-hybridized carbons (Fsp3) is 0.375. The second kappa shape index (κ2) is 4.08. The predicted octanol–water partition coefficient (Wildman–Crippen LogP) is 2.60. The van der Waals surface area contributed by atoms with Crippen LogP contribution in [0.4, 0.5) is 0 Å². The SMILES string of the molecule is [C-]#[N+]CCCc1ccsc1. The molecule has 0 saturated heterocycles. The summed E-state index contributed by atoms with van der Waals surface area (Å²) in [4.78, 5) is 3.29. The molecule has 0 aliphatic rings. The summed E-state index contributed by atoms with van der Waals surface area (Å²) >= 11 is 1.72. The summed E-state index contributed by atoms with van der Waals surface area (Å²) in [5.41, 5.74) is 1.37. The molecule has 0 unspecified atom stereocenters. The predicted molar refractivity (Wildman–Crippen MR) is 44.1 cm³/mol. The molecule has 2 heteroatoms. The summed E-state index contributed by atoms with van der Waals surface area (Å²) in [5, 5.41) is 4.22. The van der Waals surface area contributed by atoms with E-state index in [4.69, 9.17) is 6.57 Å². The van der Waals surface area contributed by atoms with Crippen LogP contribution in [0.2, 0.25) is 0 Å². The van der Waals surface area contributed by atoms with Crippen LogP contribution in [0.3, 0.4) is 0 Å². The van der Waals surface area contributed by atoms with Gasteiger partial charge >= 0.3 is 0 Å². The molecule has 0 fully saturated rings. The highest BCUT2D eigenvalue weighted by Gasteiger charge is 1.92. The highest BCUT2D eigenvalue weighted by atomic mass is 32.1. The van der Waals surface area contributed by atoms with E-state index >= 15 is 0 Å². The minimum atomic E-state index is 0.663. The lowest BCUT2D eigenvalue weighted by molar-refractivity contribution is 0.895. The molecule has 52 valence electrons. The van der Waals surface area contributed by atoms with Crippen LogP contribution in [0, 0.1) is 6.57 Å². The quantitative estimate of drug-likeness (QED) is 0.462. The molecule has 1 rings (SSSR count). The number of hydrogen-bond donors (Lipinski definition) is 0. The Kier molecular flexibility index (Phi) is 2.98. The fourth-order valence-electron chi connectivity index (χ4n) is 0.797. The first-order valence-electron chi connectivity index (χ1n) is 3.28. The molecule has 0 aliphatic carbocycles. The fourth-order valence-corrected chi connectivity index (χ4v) is 1.50. The van der Waals surface area contributed by atoms with Crippen molar-refractivity contribution >= 4 is 11.3 Å². The van der Waals surface area contributed by atoms with Crippen LogP contribution in [0.1, 0.15) is 12.0 Å². The maximum Gasteiger partial charge on any atom is 0.215 e. The maximum atomic E-state index is 6.56. The van der Waals surface area contributed by atoms with Crippen LogP contribution < -0.4 is 0 Å². The van der Waals surface area contributed by atoms with Crippen molar-refractivity contribution in [2.75, 3.05) is 6.54 Å². The third kappa shape index (κ3) is 2.20. The summed E-state index contributed by atoms with van der Waals surface area (Å²) in [5.74, 6) is 0. The highest BCUT2D eigenvalue weighted by molar-refractivity contribution is 7.07. The molecule has 1 aromatic heterocycles. The molecule has 0 bridgehead atoms. The van der Waals surface area contributed by atoms with Gasteiger partial charge in [0.05, 0.1) is 0 Å². The Balaban J connectivity index is 2.23. The smallest absolute Gasteiger partial charge is 0.215 e. The van der Waals surface area contributed by atoms with E-state index in [1.54, 1.807) is 11.3 Å². The Morgan fingerprint density at radius 3 is 3.10 bits per heavy atom. The van der Waals surface area contributed by atoms with Crippen LogP contribution in [-0.2, 0) is 6.42 Å². The van der Waals surface area contributed by atoms with Crippen molar-refractivity contribution in [2.45, 2.75) is 12.8 Å². The lowest BCUT2D eigenvalue weighted by atomic mass is 10.2. The molecule has 0 radical (unpaired) electrons. The molecule has 0 amide bonds. The van der Waals surface area contributed by atoms with E-state index in [1.807, 2.05) is 0 Å². The topological polar surface area (TPSA) is 4.36 Å². The zero-order chi connectivity index (χ0) is 7.23. The van der Waals surface area contributed by atoms with Gasteiger partial charge in [-0.1, -0.05) is 0 Å². The number of rotatable bonds is 3. The molecule has 0 atom stereocenters. The second-order valence-electron chi connectivity index (χ2n) is 2.12. The molecular weight excluding hydrogens is 142 g/mol. The largest absolute Gasteiger partial charge is 0.317 e. The van der Waals surface area contributed by atoms with Crippen molar-refractivity contribution in [3.8, 4) is 0 Å². The van der Waals surface area contributed by atoms with E-state index in [9.17, 15) is 0 Å². The zero-order valence-electron chi connectivity index (χ0n) is 5.71. The van der Waals surface area contributed by atoms with Gasteiger partial charge in [0.25, 0.3) is 0 Å². The number of nitrogens with zero attached hydrogens (tertiary/aromatic N) is 1. The molecule has 1 heterocycles. The standard InChI is InChI=1S/C8H9NS/c1-9-5-2-3-8-4-6-10-7-8/h4,6-7H,2-3,5H2. The van der Waals surface area contributed by atoms with Gasteiger partial charge in [0.1, 0.15) is 0 Å². The van der Waals surface area contributed by atoms with Crippen molar-refractivity contribution in [1.29, 1.82) is 0 Å². The zero-order valence-corrected chi connectivity index (χ0v) is 6.53. The van der Waals surface area contributed by atoms with Gasteiger partial charge in [-0.05, 0) is 28.8 Å². The minimum Gasteiger partial charge on any atom is -0.317 e. The van der Waals surface area contributed by atoms with E-state index in [2.05, 4.69) is 21.7 Å². The van der Waals surface area contributed by atoms with Crippen LogP contribution in [0.15, 0.2) is 16.8 Å². The molecule has 0 aromatic carbocycles. The van der Waals surface area contributed by atoms with E-state index in [1.165, 1.54) is 5.56 Å². The first-order chi connectivity index (χ1) is 4.93. The Bertz CT molecular complexity index is 208. The van der Waals surface area contributed by atoms with Crippen LogP contribution in [0.25, 0.3) is 4.85 Å². The van der Waals surface area contributed by atoms with E-state index in [0.717, 1.165) is 12.8 Å². The average Bonchev–Trinajstić information content (AvgIpc) is 2.41. The Hall–Kier alpha value is -0.810. The Morgan fingerprint density at radius 1 is 1.60 bits per heavy atom. The van der Waals surface area contributed by atoms with Gasteiger partial charge in [-0.3, -0.25) is 0 Å². The lowest BCUT2D eigenvalue weighted by Crippen LogP contribution is -1.82. The van der Waals surface area contributed by atoms with Gasteiger partial charge in [-0.25, -0.2) is 6.57 Å². The summed E-state index contributed by atoms with van der Waals surface area (Å²) < 4.78 is 0.